The lowest BCUT2D eigenvalue weighted by atomic mass is 10.0. The fourth-order valence-electron chi connectivity index (χ4n) is 9.97. The second kappa shape index (κ2) is 61.6. The normalized spacial score (nSPS) is 12.8. The van der Waals surface area contributed by atoms with Gasteiger partial charge in [-0.25, -0.2) is 0 Å². The summed E-state index contributed by atoms with van der Waals surface area (Å²) in [5.74, 6) is -0.0593. The summed E-state index contributed by atoms with van der Waals surface area (Å²) < 4.78 is 5.47. The monoisotopic (exact) mass is 1010 g/mol. The summed E-state index contributed by atoms with van der Waals surface area (Å²) in [6, 6.07) is -0.623. The Labute approximate surface area is 449 Å². The molecule has 2 atom stereocenters. The first-order valence-corrected chi connectivity index (χ1v) is 32.3. The number of rotatable bonds is 60. The molecule has 0 saturated heterocycles. The summed E-state index contributed by atoms with van der Waals surface area (Å²) in [5.41, 5.74) is 0. The topological polar surface area (TPSA) is 95.9 Å². The Morgan fingerprint density at radius 1 is 0.389 bits per heavy atom. The lowest BCUT2D eigenvalue weighted by Crippen LogP contribution is -2.45. The molecule has 72 heavy (non-hydrogen) atoms. The summed E-state index contributed by atoms with van der Waals surface area (Å²) >= 11 is 0. The number of aliphatic hydroxyl groups excluding tert-OH is 2. The van der Waals surface area contributed by atoms with Crippen LogP contribution in [0.25, 0.3) is 0 Å². The molecule has 0 radical (unpaired) electrons. The summed E-state index contributed by atoms with van der Waals surface area (Å²) in [7, 11) is 0. The van der Waals surface area contributed by atoms with Gasteiger partial charge in [0, 0.05) is 12.8 Å². The van der Waals surface area contributed by atoms with Crippen molar-refractivity contribution >= 4 is 11.9 Å². The zero-order valence-corrected chi connectivity index (χ0v) is 48.4. The highest BCUT2D eigenvalue weighted by atomic mass is 16.5. The standard InChI is InChI=1S/C66H125NO5/c1-3-5-7-9-11-13-15-35-40-44-48-52-56-60-66(71)72-61-57-53-49-45-41-37-34-32-30-28-26-24-22-20-18-16-17-19-21-23-25-27-29-31-33-36-39-43-47-51-55-59-65(70)67-63(62-68)64(69)58-54-50-46-42-38-14-12-10-8-6-4-2/h7,9,13,15,54,58,63-64,68-69H,3-6,8,10-12,14,16-53,55-57,59-62H2,1-2H3,(H,67,70)/b9-7-,15-13-,58-54+. The summed E-state index contributed by atoms with van der Waals surface area (Å²) in [6.45, 7) is 4.84. The van der Waals surface area contributed by atoms with E-state index in [1.807, 2.05) is 6.08 Å². The first-order valence-electron chi connectivity index (χ1n) is 32.3. The van der Waals surface area contributed by atoms with Gasteiger partial charge in [-0.3, -0.25) is 9.59 Å². The largest absolute Gasteiger partial charge is 0.466 e. The minimum atomic E-state index is -0.840. The molecular formula is C66H125NO5. The van der Waals surface area contributed by atoms with Crippen molar-refractivity contribution in [2.75, 3.05) is 13.2 Å². The molecule has 0 bridgehead atoms. The van der Waals surface area contributed by atoms with Crippen LogP contribution in [0.15, 0.2) is 36.5 Å². The van der Waals surface area contributed by atoms with Gasteiger partial charge in [0.15, 0.2) is 0 Å². The Balaban J connectivity index is 3.32. The third-order valence-electron chi connectivity index (χ3n) is 14.9. The molecule has 6 heteroatoms. The average Bonchev–Trinajstić information content (AvgIpc) is 3.38. The molecule has 0 fully saturated rings. The van der Waals surface area contributed by atoms with E-state index in [2.05, 4.69) is 43.5 Å². The van der Waals surface area contributed by atoms with E-state index in [1.165, 1.54) is 270 Å². The first kappa shape index (κ1) is 70.1. The van der Waals surface area contributed by atoms with Crippen LogP contribution in [-0.4, -0.2) is 47.4 Å². The van der Waals surface area contributed by atoms with E-state index < -0.39 is 12.1 Å². The molecule has 0 rings (SSSR count). The quantitative estimate of drug-likeness (QED) is 0.0320. The van der Waals surface area contributed by atoms with Crippen LogP contribution in [0.5, 0.6) is 0 Å². The smallest absolute Gasteiger partial charge is 0.305 e. The molecule has 1 amide bonds. The second-order valence-electron chi connectivity index (χ2n) is 22.1. The molecule has 0 spiro atoms. The summed E-state index contributed by atoms with van der Waals surface area (Å²) in [4.78, 5) is 24.5. The van der Waals surface area contributed by atoms with Gasteiger partial charge in [-0.2, -0.15) is 0 Å². The second-order valence-corrected chi connectivity index (χ2v) is 22.1. The Kier molecular flexibility index (Phi) is 60.0. The van der Waals surface area contributed by atoms with Gasteiger partial charge in [0.25, 0.3) is 0 Å². The van der Waals surface area contributed by atoms with Gasteiger partial charge < -0.3 is 20.3 Å². The van der Waals surface area contributed by atoms with Crippen LogP contribution >= 0.6 is 0 Å². The maximum atomic E-state index is 12.4. The number of allylic oxidation sites excluding steroid dienone is 5. The number of unbranched alkanes of at least 4 members (excludes halogenated alkanes) is 45. The van der Waals surface area contributed by atoms with E-state index in [4.69, 9.17) is 4.74 Å². The molecule has 0 aliphatic rings. The van der Waals surface area contributed by atoms with E-state index in [9.17, 15) is 19.8 Å². The highest BCUT2D eigenvalue weighted by Gasteiger charge is 2.18. The number of aliphatic hydroxyl groups is 2. The van der Waals surface area contributed by atoms with E-state index >= 15 is 0 Å². The van der Waals surface area contributed by atoms with Crippen molar-refractivity contribution < 1.29 is 24.5 Å². The maximum Gasteiger partial charge on any atom is 0.305 e. The molecule has 0 aliphatic carbocycles. The molecule has 2 unspecified atom stereocenters. The van der Waals surface area contributed by atoms with Crippen LogP contribution in [0.2, 0.25) is 0 Å². The fourth-order valence-corrected chi connectivity index (χ4v) is 9.97. The SMILES string of the molecule is CCC/C=C\C/C=C\CCCCCCCC(=O)OCCCCCCCCCCCCCCCCCCCCCCCCCCCCCCCCCC(=O)NC(CO)C(O)/C=C/CCCCCCCCCCC. The van der Waals surface area contributed by atoms with E-state index in [0.29, 0.717) is 19.4 Å². The minimum Gasteiger partial charge on any atom is -0.466 e. The number of nitrogens with one attached hydrogen (secondary N) is 1. The highest BCUT2D eigenvalue weighted by Crippen LogP contribution is 2.18. The Bertz CT molecular complexity index is 1170. The van der Waals surface area contributed by atoms with Crippen molar-refractivity contribution in [2.45, 2.75) is 360 Å². The number of hydrogen-bond donors (Lipinski definition) is 3. The third kappa shape index (κ3) is 57.4. The van der Waals surface area contributed by atoms with Gasteiger partial charge in [-0.1, -0.05) is 314 Å². The minimum absolute atomic E-state index is 0.00485. The van der Waals surface area contributed by atoms with Crippen molar-refractivity contribution in [3.8, 4) is 0 Å². The number of esters is 1. The molecule has 0 aromatic rings. The molecule has 424 valence electrons. The molecule has 0 aliphatic heterocycles. The van der Waals surface area contributed by atoms with Crippen molar-refractivity contribution in [1.82, 2.24) is 5.32 Å². The number of carbonyl (C=O) groups excluding carboxylic acids is 2. The number of carbonyl (C=O) groups is 2. The first-order chi connectivity index (χ1) is 35.5. The Hall–Kier alpha value is -1.92. The van der Waals surface area contributed by atoms with Crippen molar-refractivity contribution in [2.24, 2.45) is 0 Å². The Morgan fingerprint density at radius 2 is 0.722 bits per heavy atom. The summed E-state index contributed by atoms with van der Waals surface area (Å²) in [5, 5.41) is 23.0. The van der Waals surface area contributed by atoms with E-state index in [0.717, 1.165) is 51.4 Å². The van der Waals surface area contributed by atoms with Gasteiger partial charge in [0.05, 0.1) is 25.4 Å². The number of ether oxygens (including phenoxy) is 1. The van der Waals surface area contributed by atoms with Crippen LogP contribution in [0.4, 0.5) is 0 Å². The van der Waals surface area contributed by atoms with Gasteiger partial charge >= 0.3 is 5.97 Å². The van der Waals surface area contributed by atoms with Gasteiger partial charge in [0.2, 0.25) is 5.91 Å². The molecule has 0 saturated carbocycles. The fraction of sp³-hybridized carbons (Fsp3) is 0.879. The highest BCUT2D eigenvalue weighted by molar-refractivity contribution is 5.76. The lowest BCUT2D eigenvalue weighted by molar-refractivity contribution is -0.143. The van der Waals surface area contributed by atoms with Crippen LogP contribution in [-0.2, 0) is 14.3 Å². The van der Waals surface area contributed by atoms with Crippen LogP contribution in [0, 0.1) is 0 Å². The van der Waals surface area contributed by atoms with Crippen molar-refractivity contribution in [3.05, 3.63) is 36.5 Å². The third-order valence-corrected chi connectivity index (χ3v) is 14.9. The molecule has 3 N–H and O–H groups in total. The van der Waals surface area contributed by atoms with Crippen molar-refractivity contribution in [1.29, 1.82) is 0 Å². The predicted octanol–water partition coefficient (Wildman–Crippen LogP) is 20.4. The molecule has 6 nitrogen and oxygen atoms in total. The summed E-state index contributed by atoms with van der Waals surface area (Å²) in [6.07, 6.45) is 77.9. The lowest BCUT2D eigenvalue weighted by Gasteiger charge is -2.20. The van der Waals surface area contributed by atoms with Gasteiger partial charge in [-0.05, 0) is 57.8 Å². The maximum absolute atomic E-state index is 12.4. The van der Waals surface area contributed by atoms with Crippen LogP contribution < -0.4 is 5.32 Å². The molecule has 0 aromatic carbocycles. The Morgan fingerprint density at radius 3 is 1.11 bits per heavy atom. The zero-order chi connectivity index (χ0) is 52.2. The van der Waals surface area contributed by atoms with Crippen LogP contribution in [0.1, 0.15) is 348 Å². The number of amides is 1. The van der Waals surface area contributed by atoms with E-state index in [1.54, 1.807) is 6.08 Å². The van der Waals surface area contributed by atoms with Gasteiger partial charge in [0.1, 0.15) is 0 Å². The predicted molar refractivity (Wildman–Crippen MR) is 315 cm³/mol. The molecule has 0 aromatic heterocycles. The van der Waals surface area contributed by atoms with Crippen molar-refractivity contribution in [3.63, 3.8) is 0 Å². The molecular weight excluding hydrogens is 887 g/mol. The number of hydrogen-bond acceptors (Lipinski definition) is 5. The van der Waals surface area contributed by atoms with Crippen LogP contribution in [0.3, 0.4) is 0 Å². The zero-order valence-electron chi connectivity index (χ0n) is 48.4. The van der Waals surface area contributed by atoms with Gasteiger partial charge in [-0.15, -0.1) is 0 Å². The average molecular weight is 1010 g/mol. The van der Waals surface area contributed by atoms with E-state index in [-0.39, 0.29) is 18.5 Å². The molecule has 0 heterocycles.